The number of hydrogen-bond acceptors (Lipinski definition) is 4. The molecule has 0 aromatic heterocycles. The Morgan fingerprint density at radius 3 is 2.44 bits per heavy atom. The summed E-state index contributed by atoms with van der Waals surface area (Å²) in [6, 6.07) is 11.3. The number of ether oxygens (including phenoxy) is 2. The summed E-state index contributed by atoms with van der Waals surface area (Å²) >= 11 is 0. The van der Waals surface area contributed by atoms with Crippen molar-refractivity contribution in [3.63, 3.8) is 0 Å². The van der Waals surface area contributed by atoms with Crippen LogP contribution in [0.5, 0.6) is 11.5 Å². The topological polar surface area (TPSA) is 47.6 Å². The van der Waals surface area contributed by atoms with Crippen LogP contribution in [0.15, 0.2) is 48.7 Å². The zero-order valence-corrected chi connectivity index (χ0v) is 15.3. The Morgan fingerprint density at radius 2 is 1.76 bits per heavy atom. The third-order valence-electron chi connectivity index (χ3n) is 3.83. The fourth-order valence-corrected chi connectivity index (χ4v) is 2.36. The van der Waals surface area contributed by atoms with Gasteiger partial charge in [-0.3, -0.25) is 4.79 Å². The molecule has 25 heavy (non-hydrogen) atoms. The van der Waals surface area contributed by atoms with E-state index in [0.717, 1.165) is 17.0 Å². The van der Waals surface area contributed by atoms with Crippen LogP contribution in [0.25, 0.3) is 0 Å². The van der Waals surface area contributed by atoms with Crippen molar-refractivity contribution in [2.75, 3.05) is 18.5 Å². The number of aryl methyl sites for hydroxylation is 2. The summed E-state index contributed by atoms with van der Waals surface area (Å²) < 4.78 is 11.1. The molecule has 2 aromatic rings. The van der Waals surface area contributed by atoms with Crippen LogP contribution in [0.4, 0.5) is 5.69 Å². The van der Waals surface area contributed by atoms with E-state index in [9.17, 15) is 4.79 Å². The maximum Gasteiger partial charge on any atom is 0.187 e. The second kappa shape index (κ2) is 8.92. The monoisotopic (exact) mass is 339 g/mol. The van der Waals surface area contributed by atoms with E-state index in [4.69, 9.17) is 9.47 Å². The second-order valence-electron chi connectivity index (χ2n) is 5.66. The average Bonchev–Trinajstić information content (AvgIpc) is 2.59. The van der Waals surface area contributed by atoms with Crippen molar-refractivity contribution in [3.8, 4) is 11.5 Å². The van der Waals surface area contributed by atoms with Crippen molar-refractivity contribution in [3.05, 3.63) is 65.4 Å². The van der Waals surface area contributed by atoms with E-state index < -0.39 is 0 Å². The lowest BCUT2D eigenvalue weighted by Gasteiger charge is -2.12. The summed E-state index contributed by atoms with van der Waals surface area (Å²) in [5.41, 5.74) is 3.72. The smallest absolute Gasteiger partial charge is 0.187 e. The normalized spacial score (nSPS) is 10.7. The van der Waals surface area contributed by atoms with E-state index in [-0.39, 0.29) is 5.78 Å². The van der Waals surface area contributed by atoms with E-state index in [1.165, 1.54) is 11.6 Å². The molecule has 132 valence electrons. The molecule has 0 spiro atoms. The predicted octanol–water partition coefficient (Wildman–Crippen LogP) is 4.91. The van der Waals surface area contributed by atoms with Crippen LogP contribution < -0.4 is 14.8 Å². The van der Waals surface area contributed by atoms with Crippen molar-refractivity contribution in [1.29, 1.82) is 0 Å². The molecule has 0 aliphatic rings. The summed E-state index contributed by atoms with van der Waals surface area (Å²) in [7, 11) is 0. The molecule has 4 nitrogen and oxygen atoms in total. The molecule has 4 heteroatoms. The molecule has 0 heterocycles. The minimum Gasteiger partial charge on any atom is -0.494 e. The van der Waals surface area contributed by atoms with Crippen LogP contribution in [-0.2, 0) is 0 Å². The van der Waals surface area contributed by atoms with Gasteiger partial charge in [0.15, 0.2) is 5.78 Å². The molecule has 2 rings (SSSR count). The second-order valence-corrected chi connectivity index (χ2v) is 5.66. The van der Waals surface area contributed by atoms with Crippen LogP contribution in [0, 0.1) is 13.8 Å². The molecule has 0 aliphatic heterocycles. The Bertz CT molecular complexity index is 766. The summed E-state index contributed by atoms with van der Waals surface area (Å²) in [6.07, 6.45) is 3.15. The minimum absolute atomic E-state index is 0.0467. The van der Waals surface area contributed by atoms with Crippen molar-refractivity contribution in [2.45, 2.75) is 27.7 Å². The first-order valence-electron chi connectivity index (χ1n) is 8.49. The van der Waals surface area contributed by atoms with E-state index >= 15 is 0 Å². The zero-order valence-electron chi connectivity index (χ0n) is 15.3. The van der Waals surface area contributed by atoms with Crippen LogP contribution in [-0.4, -0.2) is 19.0 Å². The Kier molecular flexibility index (Phi) is 6.63. The van der Waals surface area contributed by atoms with Gasteiger partial charge in [-0.05, 0) is 57.0 Å². The number of hydrogen-bond donors (Lipinski definition) is 1. The molecular weight excluding hydrogens is 314 g/mol. The molecule has 0 saturated carbocycles. The maximum absolute atomic E-state index is 12.3. The van der Waals surface area contributed by atoms with Crippen LogP contribution in [0.2, 0.25) is 0 Å². The van der Waals surface area contributed by atoms with Gasteiger partial charge in [0.05, 0.1) is 18.9 Å². The van der Waals surface area contributed by atoms with Crippen molar-refractivity contribution >= 4 is 11.5 Å². The fourth-order valence-electron chi connectivity index (χ4n) is 2.36. The Morgan fingerprint density at radius 1 is 1.00 bits per heavy atom. The third kappa shape index (κ3) is 5.11. The Hall–Kier alpha value is -2.75. The van der Waals surface area contributed by atoms with Gasteiger partial charge in [-0.15, -0.1) is 0 Å². The molecular formula is C21H25NO3. The van der Waals surface area contributed by atoms with Gasteiger partial charge in [-0.25, -0.2) is 0 Å². The van der Waals surface area contributed by atoms with Crippen LogP contribution >= 0.6 is 0 Å². The molecule has 0 amide bonds. The lowest BCUT2D eigenvalue weighted by atomic mass is 10.0. The molecule has 0 bridgehead atoms. The number of carbonyl (C=O) groups is 1. The van der Waals surface area contributed by atoms with Gasteiger partial charge in [0.2, 0.25) is 0 Å². The highest BCUT2D eigenvalue weighted by Gasteiger charge is 2.06. The molecule has 0 fully saturated rings. The summed E-state index contributed by atoms with van der Waals surface area (Å²) in [5.74, 6) is 1.42. The number of benzene rings is 2. The number of ketones is 1. The number of nitrogens with one attached hydrogen (secondary N) is 1. The first-order chi connectivity index (χ1) is 12.0. The van der Waals surface area contributed by atoms with Gasteiger partial charge in [0.25, 0.3) is 0 Å². The maximum atomic E-state index is 12.3. The molecule has 0 saturated heterocycles. The van der Waals surface area contributed by atoms with Gasteiger partial charge in [-0.2, -0.15) is 0 Å². The highest BCUT2D eigenvalue weighted by atomic mass is 16.5. The Labute approximate surface area is 149 Å². The number of allylic oxidation sites excluding steroid dienone is 1. The Balaban J connectivity index is 2.12. The van der Waals surface area contributed by atoms with Crippen molar-refractivity contribution in [1.82, 2.24) is 0 Å². The van der Waals surface area contributed by atoms with E-state index in [0.29, 0.717) is 24.5 Å². The largest absolute Gasteiger partial charge is 0.494 e. The van der Waals surface area contributed by atoms with Gasteiger partial charge >= 0.3 is 0 Å². The lowest BCUT2D eigenvalue weighted by molar-refractivity contribution is 0.104. The standard InChI is InChI=1S/C21H25NO3/c1-5-24-18-9-10-21(25-6-2)19(14-18)22-12-11-20(23)17-8-7-15(3)16(4)13-17/h7-14,22H,5-6H2,1-4H3/b12-11+. The van der Waals surface area contributed by atoms with Gasteiger partial charge in [0.1, 0.15) is 11.5 Å². The summed E-state index contributed by atoms with van der Waals surface area (Å²) in [6.45, 7) is 9.05. The SMILES string of the molecule is CCOc1ccc(OCC)c(N/C=C/C(=O)c2ccc(C)c(C)c2)c1. The molecule has 0 unspecified atom stereocenters. The average molecular weight is 339 g/mol. The van der Waals surface area contributed by atoms with Crippen molar-refractivity contribution in [2.24, 2.45) is 0 Å². The van der Waals surface area contributed by atoms with Gasteiger partial charge < -0.3 is 14.8 Å². The fraction of sp³-hybridized carbons (Fsp3) is 0.286. The summed E-state index contributed by atoms with van der Waals surface area (Å²) in [4.78, 5) is 12.3. The minimum atomic E-state index is -0.0467. The van der Waals surface area contributed by atoms with Crippen molar-refractivity contribution < 1.29 is 14.3 Å². The first-order valence-corrected chi connectivity index (χ1v) is 8.49. The van der Waals surface area contributed by atoms with Gasteiger partial charge in [0, 0.05) is 23.9 Å². The highest BCUT2D eigenvalue weighted by molar-refractivity contribution is 6.04. The lowest BCUT2D eigenvalue weighted by Crippen LogP contribution is -2.00. The number of anilines is 1. The van der Waals surface area contributed by atoms with E-state index in [1.807, 2.05) is 64.1 Å². The van der Waals surface area contributed by atoms with Crippen LogP contribution in [0.1, 0.15) is 35.3 Å². The molecule has 0 atom stereocenters. The van der Waals surface area contributed by atoms with Gasteiger partial charge in [-0.1, -0.05) is 12.1 Å². The highest BCUT2D eigenvalue weighted by Crippen LogP contribution is 2.29. The van der Waals surface area contributed by atoms with E-state index in [1.54, 1.807) is 6.20 Å². The zero-order chi connectivity index (χ0) is 18.2. The summed E-state index contributed by atoms with van der Waals surface area (Å²) in [5, 5.41) is 3.12. The third-order valence-corrected chi connectivity index (χ3v) is 3.83. The molecule has 1 N–H and O–H groups in total. The number of rotatable bonds is 8. The quantitative estimate of drug-likeness (QED) is 0.548. The molecule has 0 aliphatic carbocycles. The van der Waals surface area contributed by atoms with Crippen LogP contribution in [0.3, 0.4) is 0 Å². The molecule has 2 aromatic carbocycles. The number of carbonyl (C=O) groups excluding carboxylic acids is 1. The molecule has 0 radical (unpaired) electrons. The van der Waals surface area contributed by atoms with E-state index in [2.05, 4.69) is 5.32 Å². The predicted molar refractivity (Wildman–Crippen MR) is 102 cm³/mol. The first kappa shape index (κ1) is 18.6.